The number of hydrogen-bond acceptors (Lipinski definition) is 2. The van der Waals surface area contributed by atoms with Crippen LogP contribution in [0.25, 0.3) is 0 Å². The van der Waals surface area contributed by atoms with Gasteiger partial charge >= 0.3 is 0 Å². The van der Waals surface area contributed by atoms with Crippen LogP contribution < -0.4 is 0 Å². The van der Waals surface area contributed by atoms with Crippen molar-refractivity contribution in [2.75, 3.05) is 0 Å². The largest absolute Gasteiger partial charge is 0.300 e. The van der Waals surface area contributed by atoms with E-state index in [0.29, 0.717) is 35.9 Å². The van der Waals surface area contributed by atoms with Gasteiger partial charge in [-0.15, -0.1) is 0 Å². The fourth-order valence-electron chi connectivity index (χ4n) is 4.83. The Bertz CT molecular complexity index is 421. The van der Waals surface area contributed by atoms with Gasteiger partial charge in [-0.2, -0.15) is 0 Å². The van der Waals surface area contributed by atoms with Crippen molar-refractivity contribution in [2.24, 2.45) is 23.2 Å². The molecule has 0 aromatic rings. The minimum absolute atomic E-state index is 0.00150. The van der Waals surface area contributed by atoms with Crippen LogP contribution in [0.4, 0.5) is 0 Å². The Morgan fingerprint density at radius 3 is 2.30 bits per heavy atom. The molecule has 0 bridgehead atoms. The third-order valence-corrected chi connectivity index (χ3v) is 9.00. The minimum atomic E-state index is -1.34. The normalized spacial score (nSPS) is 39.0. The van der Waals surface area contributed by atoms with E-state index in [-0.39, 0.29) is 17.3 Å². The van der Waals surface area contributed by atoms with Gasteiger partial charge in [0.2, 0.25) is 0 Å². The number of carbonyl (C=O) groups is 2. The maximum atomic E-state index is 12.9. The Kier molecular flexibility index (Phi) is 4.05. The monoisotopic (exact) mass is 294 g/mol. The van der Waals surface area contributed by atoms with Gasteiger partial charge in [0.25, 0.3) is 0 Å². The number of ketones is 2. The first-order valence-electron chi connectivity index (χ1n) is 8.13. The molecule has 4 atom stereocenters. The number of fused-ring (bicyclic) bond motifs is 1. The van der Waals surface area contributed by atoms with Crippen LogP contribution >= 0.6 is 0 Å². The second-order valence-electron chi connectivity index (χ2n) is 8.71. The molecule has 2 nitrogen and oxygen atoms in total. The van der Waals surface area contributed by atoms with Crippen LogP contribution in [0.5, 0.6) is 0 Å². The van der Waals surface area contributed by atoms with Gasteiger partial charge in [0.15, 0.2) is 0 Å². The van der Waals surface area contributed by atoms with E-state index in [9.17, 15) is 9.59 Å². The average molecular weight is 295 g/mol. The van der Waals surface area contributed by atoms with Crippen LogP contribution in [0.3, 0.4) is 0 Å². The first kappa shape index (κ1) is 15.9. The van der Waals surface area contributed by atoms with Gasteiger partial charge in [-0.3, -0.25) is 9.59 Å². The standard InChI is InChI=1S/C17H30O2Si/c1-11(2)13-10-15(20(4,5)6)17(3)8-7-12(18)9-14(17)16(13)19/h11,13-15H,7-10H2,1-6H3/t13-,14?,15+,17+/m0/s1. The highest BCUT2D eigenvalue weighted by molar-refractivity contribution is 6.77. The molecule has 2 aliphatic carbocycles. The van der Waals surface area contributed by atoms with E-state index < -0.39 is 8.07 Å². The van der Waals surface area contributed by atoms with Crippen LogP contribution in [-0.2, 0) is 9.59 Å². The Morgan fingerprint density at radius 1 is 1.20 bits per heavy atom. The topological polar surface area (TPSA) is 34.1 Å². The van der Waals surface area contributed by atoms with Crippen LogP contribution in [0, 0.1) is 23.2 Å². The molecule has 0 heterocycles. The molecule has 1 unspecified atom stereocenters. The van der Waals surface area contributed by atoms with E-state index in [2.05, 4.69) is 40.4 Å². The zero-order chi connectivity index (χ0) is 15.3. The van der Waals surface area contributed by atoms with Crippen molar-refractivity contribution in [2.45, 2.75) is 71.6 Å². The van der Waals surface area contributed by atoms with E-state index >= 15 is 0 Å². The van der Waals surface area contributed by atoms with Crippen LogP contribution in [-0.4, -0.2) is 19.6 Å². The molecule has 0 spiro atoms. The lowest BCUT2D eigenvalue weighted by Crippen LogP contribution is -2.55. The predicted octanol–water partition coefficient (Wildman–Crippen LogP) is 4.32. The van der Waals surface area contributed by atoms with Crippen molar-refractivity contribution in [1.82, 2.24) is 0 Å². The molecular formula is C17H30O2Si. The number of rotatable bonds is 2. The molecular weight excluding hydrogens is 264 g/mol. The highest BCUT2D eigenvalue weighted by atomic mass is 28.3. The maximum absolute atomic E-state index is 12.9. The summed E-state index contributed by atoms with van der Waals surface area (Å²) in [4.78, 5) is 24.8. The van der Waals surface area contributed by atoms with Gasteiger partial charge in [0.05, 0.1) is 0 Å². The third-order valence-electron chi connectivity index (χ3n) is 6.02. The predicted molar refractivity (Wildman–Crippen MR) is 85.5 cm³/mol. The first-order valence-corrected chi connectivity index (χ1v) is 11.7. The van der Waals surface area contributed by atoms with Crippen LogP contribution in [0.2, 0.25) is 25.2 Å². The SMILES string of the molecule is CC(C)[C@@H]1C[C@@H]([Si](C)(C)C)[C@]2(C)CCC(=O)CC2C1=O. The lowest BCUT2D eigenvalue weighted by molar-refractivity contribution is -0.145. The van der Waals surface area contributed by atoms with E-state index in [1.807, 2.05) is 0 Å². The summed E-state index contributed by atoms with van der Waals surface area (Å²) < 4.78 is 0. The second kappa shape index (κ2) is 5.08. The number of Topliss-reactive ketones (excluding diaryl/α,β-unsaturated/α-hetero) is 2. The van der Waals surface area contributed by atoms with Crippen molar-refractivity contribution in [3.8, 4) is 0 Å². The summed E-state index contributed by atoms with van der Waals surface area (Å²) in [6, 6.07) is 0. The van der Waals surface area contributed by atoms with E-state index in [0.717, 1.165) is 12.8 Å². The van der Waals surface area contributed by atoms with Crippen molar-refractivity contribution < 1.29 is 9.59 Å². The molecule has 3 heteroatoms. The van der Waals surface area contributed by atoms with Crippen LogP contribution in [0.1, 0.15) is 46.5 Å². The Labute approximate surface area is 124 Å². The summed E-state index contributed by atoms with van der Waals surface area (Å²) in [5.74, 6) is 1.28. The first-order chi connectivity index (χ1) is 9.07. The van der Waals surface area contributed by atoms with Crippen molar-refractivity contribution in [3.63, 3.8) is 0 Å². The zero-order valence-electron chi connectivity index (χ0n) is 14.0. The van der Waals surface area contributed by atoms with Crippen molar-refractivity contribution in [3.05, 3.63) is 0 Å². The van der Waals surface area contributed by atoms with Gasteiger partial charge < -0.3 is 0 Å². The number of hydrogen-bond donors (Lipinski definition) is 0. The molecule has 2 saturated carbocycles. The molecule has 0 amide bonds. The number of carbonyl (C=O) groups excluding carboxylic acids is 2. The Hall–Kier alpha value is -0.443. The molecule has 0 aromatic carbocycles. The summed E-state index contributed by atoms with van der Waals surface area (Å²) >= 11 is 0. The molecule has 0 aromatic heterocycles. The molecule has 0 radical (unpaired) electrons. The van der Waals surface area contributed by atoms with E-state index in [1.54, 1.807) is 0 Å². The zero-order valence-corrected chi connectivity index (χ0v) is 15.0. The molecule has 0 N–H and O–H groups in total. The maximum Gasteiger partial charge on any atom is 0.140 e. The molecule has 0 aliphatic heterocycles. The van der Waals surface area contributed by atoms with Crippen LogP contribution in [0.15, 0.2) is 0 Å². The quantitative estimate of drug-likeness (QED) is 0.711. The summed E-state index contributed by atoms with van der Waals surface area (Å²) in [5, 5.41) is 0. The summed E-state index contributed by atoms with van der Waals surface area (Å²) in [6.07, 6.45) is 3.20. The molecule has 114 valence electrons. The summed E-state index contributed by atoms with van der Waals surface area (Å²) in [7, 11) is -1.34. The highest BCUT2D eigenvalue weighted by Crippen LogP contribution is 2.59. The van der Waals surface area contributed by atoms with E-state index in [4.69, 9.17) is 0 Å². The summed E-state index contributed by atoms with van der Waals surface area (Å²) in [5.41, 5.74) is 0.749. The Balaban J connectivity index is 2.43. The molecule has 20 heavy (non-hydrogen) atoms. The van der Waals surface area contributed by atoms with Gasteiger partial charge in [0, 0.05) is 32.8 Å². The average Bonchev–Trinajstić information content (AvgIpc) is 2.29. The molecule has 2 fully saturated rings. The smallest absolute Gasteiger partial charge is 0.140 e. The second-order valence-corrected chi connectivity index (χ2v) is 14.1. The molecule has 0 saturated heterocycles. The highest BCUT2D eigenvalue weighted by Gasteiger charge is 2.57. The van der Waals surface area contributed by atoms with Gasteiger partial charge in [-0.05, 0) is 29.7 Å². The Morgan fingerprint density at radius 2 is 1.80 bits per heavy atom. The molecule has 2 rings (SSSR count). The minimum Gasteiger partial charge on any atom is -0.300 e. The fourth-order valence-corrected chi connectivity index (χ4v) is 8.11. The van der Waals surface area contributed by atoms with Gasteiger partial charge in [-0.1, -0.05) is 40.4 Å². The molecule has 2 aliphatic rings. The lowest BCUT2D eigenvalue weighted by Gasteiger charge is -2.55. The van der Waals surface area contributed by atoms with Gasteiger partial charge in [-0.25, -0.2) is 0 Å². The van der Waals surface area contributed by atoms with Crippen molar-refractivity contribution in [1.29, 1.82) is 0 Å². The summed E-state index contributed by atoms with van der Waals surface area (Å²) in [6.45, 7) is 13.9. The fraction of sp³-hybridized carbons (Fsp3) is 0.882. The van der Waals surface area contributed by atoms with Crippen molar-refractivity contribution >= 4 is 19.6 Å². The van der Waals surface area contributed by atoms with E-state index in [1.165, 1.54) is 0 Å². The lowest BCUT2D eigenvalue weighted by atomic mass is 9.56. The third kappa shape index (κ3) is 2.54. The van der Waals surface area contributed by atoms with Gasteiger partial charge in [0.1, 0.15) is 11.6 Å².